The monoisotopic (exact) mass is 282 g/mol. The number of hydrogen-bond acceptors (Lipinski definition) is 3. The van der Waals surface area contributed by atoms with Gasteiger partial charge in [-0.2, -0.15) is 0 Å². The van der Waals surface area contributed by atoms with Crippen LogP contribution in [0.4, 0.5) is 0 Å². The molecule has 20 heavy (non-hydrogen) atoms. The van der Waals surface area contributed by atoms with E-state index in [0.717, 1.165) is 38.8 Å². The third kappa shape index (κ3) is 4.45. The second-order valence-corrected chi connectivity index (χ2v) is 6.62. The summed E-state index contributed by atoms with van der Waals surface area (Å²) in [7, 11) is 0. The molecular weight excluding hydrogens is 252 g/mol. The van der Waals surface area contributed by atoms with Crippen LogP contribution in [0.3, 0.4) is 0 Å². The number of carbonyl (C=O) groups excluding carboxylic acids is 1. The number of ether oxygens (including phenoxy) is 1. The van der Waals surface area contributed by atoms with Gasteiger partial charge in [-0.3, -0.25) is 4.79 Å². The Balaban J connectivity index is 1.78. The second kappa shape index (κ2) is 7.41. The molecule has 0 aromatic heterocycles. The van der Waals surface area contributed by atoms with Gasteiger partial charge in [0.2, 0.25) is 0 Å². The molecule has 2 N–H and O–H groups in total. The summed E-state index contributed by atoms with van der Waals surface area (Å²) < 4.78 is 5.82. The molecule has 0 bridgehead atoms. The Bertz CT molecular complexity index is 306. The molecule has 0 aromatic carbocycles. The summed E-state index contributed by atoms with van der Waals surface area (Å²) in [6.45, 7) is 4.17. The molecule has 0 spiro atoms. The zero-order valence-corrected chi connectivity index (χ0v) is 12.9. The summed E-state index contributed by atoms with van der Waals surface area (Å²) in [5, 5.41) is 0. The Morgan fingerprint density at radius 1 is 1.10 bits per heavy atom. The van der Waals surface area contributed by atoms with Gasteiger partial charge in [0.1, 0.15) is 6.10 Å². The number of carbonyl (C=O) groups is 1. The number of rotatable bonds is 4. The maximum atomic E-state index is 12.4. The predicted molar refractivity (Wildman–Crippen MR) is 80.5 cm³/mol. The topological polar surface area (TPSA) is 55.6 Å². The number of nitrogens with zero attached hydrogens (tertiary/aromatic N) is 1. The van der Waals surface area contributed by atoms with Crippen molar-refractivity contribution in [2.75, 3.05) is 19.7 Å². The van der Waals surface area contributed by atoms with Gasteiger partial charge in [-0.25, -0.2) is 0 Å². The highest BCUT2D eigenvalue weighted by atomic mass is 16.5. The van der Waals surface area contributed by atoms with Crippen LogP contribution in [0, 0.1) is 0 Å². The van der Waals surface area contributed by atoms with E-state index in [1.54, 1.807) is 0 Å². The van der Waals surface area contributed by atoms with Crippen molar-refractivity contribution in [3.63, 3.8) is 0 Å². The molecule has 4 nitrogen and oxygen atoms in total. The minimum absolute atomic E-state index is 0.145. The van der Waals surface area contributed by atoms with E-state index >= 15 is 0 Å². The standard InChI is InChI=1S/C16H30N2O2/c1-14(15(19)18-11-7-2-3-8-12-18)20-13-16(17)9-5-4-6-10-16/h14H,2-13,17H2,1H3. The van der Waals surface area contributed by atoms with Gasteiger partial charge >= 0.3 is 0 Å². The van der Waals surface area contributed by atoms with Crippen molar-refractivity contribution in [3.05, 3.63) is 0 Å². The number of amides is 1. The predicted octanol–water partition coefficient (Wildman–Crippen LogP) is 2.46. The Hall–Kier alpha value is -0.610. The minimum atomic E-state index is -0.351. The third-order valence-corrected chi connectivity index (χ3v) is 4.74. The molecular formula is C16H30N2O2. The van der Waals surface area contributed by atoms with Crippen molar-refractivity contribution in [3.8, 4) is 0 Å². The van der Waals surface area contributed by atoms with Gasteiger partial charge < -0.3 is 15.4 Å². The van der Waals surface area contributed by atoms with Gasteiger partial charge in [-0.1, -0.05) is 32.1 Å². The van der Waals surface area contributed by atoms with Crippen molar-refractivity contribution in [1.29, 1.82) is 0 Å². The SMILES string of the molecule is CC(OCC1(N)CCCCC1)C(=O)N1CCCCCC1. The first-order valence-electron chi connectivity index (χ1n) is 8.30. The lowest BCUT2D eigenvalue weighted by Crippen LogP contribution is -2.48. The molecule has 1 heterocycles. The first-order chi connectivity index (χ1) is 9.61. The molecule has 2 rings (SSSR count). The number of nitrogens with two attached hydrogens (primary N) is 1. The molecule has 2 fully saturated rings. The van der Waals surface area contributed by atoms with Gasteiger partial charge in [0.15, 0.2) is 0 Å². The Kier molecular flexibility index (Phi) is 5.85. The zero-order chi connectivity index (χ0) is 14.4. The fourth-order valence-corrected chi connectivity index (χ4v) is 3.31. The lowest BCUT2D eigenvalue weighted by Gasteiger charge is -2.34. The van der Waals surface area contributed by atoms with Crippen molar-refractivity contribution in [1.82, 2.24) is 4.90 Å². The fraction of sp³-hybridized carbons (Fsp3) is 0.938. The van der Waals surface area contributed by atoms with Crippen molar-refractivity contribution in [2.24, 2.45) is 5.73 Å². The van der Waals surface area contributed by atoms with Crippen LogP contribution in [0.25, 0.3) is 0 Å². The van der Waals surface area contributed by atoms with Crippen LogP contribution in [0.5, 0.6) is 0 Å². The summed E-state index contributed by atoms with van der Waals surface area (Å²) in [4.78, 5) is 14.4. The molecule has 1 amide bonds. The normalized spacial score (nSPS) is 25.0. The maximum Gasteiger partial charge on any atom is 0.251 e. The van der Waals surface area contributed by atoms with Crippen molar-refractivity contribution >= 4 is 5.91 Å². The molecule has 1 atom stereocenters. The zero-order valence-electron chi connectivity index (χ0n) is 12.9. The molecule has 0 radical (unpaired) electrons. The van der Waals surface area contributed by atoms with Gasteiger partial charge in [0, 0.05) is 18.6 Å². The van der Waals surface area contributed by atoms with E-state index in [1.807, 2.05) is 11.8 Å². The molecule has 1 saturated heterocycles. The minimum Gasteiger partial charge on any atom is -0.367 e. The first-order valence-corrected chi connectivity index (χ1v) is 8.30. The lowest BCUT2D eigenvalue weighted by molar-refractivity contribution is -0.143. The summed E-state index contributed by atoms with van der Waals surface area (Å²) in [6, 6.07) is 0. The quantitative estimate of drug-likeness (QED) is 0.861. The van der Waals surface area contributed by atoms with Crippen LogP contribution in [-0.4, -0.2) is 42.1 Å². The average molecular weight is 282 g/mol. The van der Waals surface area contributed by atoms with Crippen LogP contribution >= 0.6 is 0 Å². The van der Waals surface area contributed by atoms with Gasteiger partial charge in [0.25, 0.3) is 5.91 Å². The smallest absolute Gasteiger partial charge is 0.251 e. The van der Waals surface area contributed by atoms with Crippen molar-refractivity contribution < 1.29 is 9.53 Å². The molecule has 1 saturated carbocycles. The first kappa shape index (κ1) is 15.8. The molecule has 1 unspecified atom stereocenters. The van der Waals surface area contributed by atoms with E-state index in [2.05, 4.69) is 0 Å². The maximum absolute atomic E-state index is 12.4. The Morgan fingerprint density at radius 2 is 1.65 bits per heavy atom. The molecule has 1 aliphatic carbocycles. The second-order valence-electron chi connectivity index (χ2n) is 6.62. The average Bonchev–Trinajstić information content (AvgIpc) is 2.74. The summed E-state index contributed by atoms with van der Waals surface area (Å²) in [6.07, 6.45) is 10.1. The van der Waals surface area contributed by atoms with Gasteiger partial charge in [-0.15, -0.1) is 0 Å². The molecule has 4 heteroatoms. The highest BCUT2D eigenvalue weighted by Gasteiger charge is 2.30. The van der Waals surface area contributed by atoms with Gasteiger partial charge in [-0.05, 0) is 32.6 Å². The van der Waals surface area contributed by atoms with Crippen LogP contribution in [0.15, 0.2) is 0 Å². The molecule has 0 aromatic rings. The fourth-order valence-electron chi connectivity index (χ4n) is 3.31. The van der Waals surface area contributed by atoms with Crippen molar-refractivity contribution in [2.45, 2.75) is 76.4 Å². The van der Waals surface area contributed by atoms with E-state index in [4.69, 9.17) is 10.5 Å². The van der Waals surface area contributed by atoms with E-state index in [1.165, 1.54) is 32.1 Å². The van der Waals surface area contributed by atoms with E-state index in [0.29, 0.717) is 6.61 Å². The van der Waals surface area contributed by atoms with Crippen LogP contribution in [0.2, 0.25) is 0 Å². The summed E-state index contributed by atoms with van der Waals surface area (Å²) in [5.41, 5.74) is 6.16. The van der Waals surface area contributed by atoms with Gasteiger partial charge in [0.05, 0.1) is 6.61 Å². The molecule has 1 aliphatic heterocycles. The van der Waals surface area contributed by atoms with E-state index in [9.17, 15) is 4.79 Å². The molecule has 2 aliphatic rings. The molecule has 116 valence electrons. The Labute approximate surface area is 123 Å². The summed E-state index contributed by atoms with van der Waals surface area (Å²) in [5.74, 6) is 0.145. The van der Waals surface area contributed by atoms with Crippen LogP contribution in [0.1, 0.15) is 64.7 Å². The summed E-state index contributed by atoms with van der Waals surface area (Å²) >= 11 is 0. The number of hydrogen-bond donors (Lipinski definition) is 1. The third-order valence-electron chi connectivity index (χ3n) is 4.74. The van der Waals surface area contributed by atoms with E-state index < -0.39 is 0 Å². The highest BCUT2D eigenvalue weighted by molar-refractivity contribution is 5.80. The highest BCUT2D eigenvalue weighted by Crippen LogP contribution is 2.26. The largest absolute Gasteiger partial charge is 0.367 e. The Morgan fingerprint density at radius 3 is 2.25 bits per heavy atom. The van der Waals surface area contributed by atoms with Crippen LogP contribution < -0.4 is 5.73 Å². The van der Waals surface area contributed by atoms with E-state index in [-0.39, 0.29) is 17.6 Å². The lowest BCUT2D eigenvalue weighted by atomic mass is 9.83. The number of likely N-dealkylation sites (tertiary alicyclic amines) is 1. The van der Waals surface area contributed by atoms with Crippen LogP contribution in [-0.2, 0) is 9.53 Å².